The Morgan fingerprint density at radius 3 is 1.92 bits per heavy atom. The number of carbonyl (C=O) groups is 5. The number of esters is 1. The van der Waals surface area contributed by atoms with Crippen LogP contribution in [0.4, 0.5) is 9.59 Å². The maximum absolute atomic E-state index is 13.7. The molecular formula is C36H50N4O8. The topological polar surface area (TPSA) is 161 Å². The van der Waals surface area contributed by atoms with Crippen molar-refractivity contribution >= 4 is 30.0 Å². The Hall–Kier alpha value is -4.61. The molecule has 0 saturated heterocycles. The number of hydrogen-bond donors (Lipinski definition) is 4. The van der Waals surface area contributed by atoms with Gasteiger partial charge in [0.1, 0.15) is 23.8 Å². The molecule has 12 heteroatoms. The summed E-state index contributed by atoms with van der Waals surface area (Å²) in [4.78, 5) is 65.9. The van der Waals surface area contributed by atoms with E-state index in [9.17, 15) is 24.0 Å². The molecule has 0 bridgehead atoms. The van der Waals surface area contributed by atoms with Crippen LogP contribution in [0.1, 0.15) is 78.4 Å². The largest absolute Gasteiger partial charge is 0.464 e. The summed E-state index contributed by atoms with van der Waals surface area (Å²) in [5.74, 6) is -1.83. The van der Waals surface area contributed by atoms with E-state index in [1.165, 1.54) is 0 Å². The maximum Gasteiger partial charge on any atom is 0.407 e. The predicted octanol–water partition coefficient (Wildman–Crippen LogP) is 4.55. The minimum atomic E-state index is -1.09. The van der Waals surface area contributed by atoms with Gasteiger partial charge < -0.3 is 35.5 Å². The highest BCUT2D eigenvalue weighted by Crippen LogP contribution is 2.37. The standard InChI is InChI=1S/C36H50N4O8/c1-7-24(3)30(31(42)40-36(19-20-36)32(43)46-8-2)39-29(41)22-28(37-33(44)47-23-26-17-13-10-14-18-26)27(21-25-15-11-9-12-16-25)38-34(45)48-35(4,5)6/h9-18,24,27-28,30H,7-8,19-23H2,1-6H3,(H,37,44)(H,38,45)(H,39,41)(H,40,42)/t24-,27-,28-,30-/m0/s1. The van der Waals surface area contributed by atoms with Crippen LogP contribution in [0.25, 0.3) is 0 Å². The minimum absolute atomic E-state index is 0.00703. The van der Waals surface area contributed by atoms with Crippen LogP contribution in [-0.2, 0) is 41.6 Å². The third-order valence-corrected chi connectivity index (χ3v) is 8.00. The average molecular weight is 667 g/mol. The molecule has 0 unspecified atom stereocenters. The van der Waals surface area contributed by atoms with Gasteiger partial charge in [0.2, 0.25) is 11.8 Å². The molecule has 2 aromatic carbocycles. The molecule has 262 valence electrons. The molecule has 4 amide bonds. The van der Waals surface area contributed by atoms with Crippen LogP contribution >= 0.6 is 0 Å². The highest BCUT2D eigenvalue weighted by atomic mass is 16.6. The number of alkyl carbamates (subject to hydrolysis) is 2. The molecule has 12 nitrogen and oxygen atoms in total. The first kappa shape index (κ1) is 37.8. The Bertz CT molecular complexity index is 1380. The van der Waals surface area contributed by atoms with Crippen molar-refractivity contribution in [1.29, 1.82) is 0 Å². The third-order valence-electron chi connectivity index (χ3n) is 8.00. The molecule has 0 spiro atoms. The smallest absolute Gasteiger partial charge is 0.407 e. The summed E-state index contributed by atoms with van der Waals surface area (Å²) in [7, 11) is 0. The minimum Gasteiger partial charge on any atom is -0.464 e. The maximum atomic E-state index is 13.7. The number of amides is 4. The van der Waals surface area contributed by atoms with Crippen molar-refractivity contribution < 1.29 is 38.2 Å². The number of ether oxygens (including phenoxy) is 3. The second kappa shape index (κ2) is 17.5. The Kier molecular flexibility index (Phi) is 13.8. The van der Waals surface area contributed by atoms with E-state index in [0.717, 1.165) is 11.1 Å². The zero-order valence-corrected chi connectivity index (χ0v) is 28.8. The second-order valence-corrected chi connectivity index (χ2v) is 13.2. The molecule has 48 heavy (non-hydrogen) atoms. The fourth-order valence-electron chi connectivity index (χ4n) is 5.05. The van der Waals surface area contributed by atoms with Crippen molar-refractivity contribution in [2.75, 3.05) is 6.61 Å². The summed E-state index contributed by atoms with van der Waals surface area (Å²) >= 11 is 0. The fourth-order valence-corrected chi connectivity index (χ4v) is 5.05. The van der Waals surface area contributed by atoms with Crippen LogP contribution in [0.5, 0.6) is 0 Å². The Morgan fingerprint density at radius 2 is 1.38 bits per heavy atom. The van der Waals surface area contributed by atoms with Gasteiger partial charge in [-0.1, -0.05) is 80.9 Å². The van der Waals surface area contributed by atoms with Gasteiger partial charge in [-0.15, -0.1) is 0 Å². The third kappa shape index (κ3) is 12.2. The van der Waals surface area contributed by atoms with Gasteiger partial charge >= 0.3 is 18.2 Å². The molecule has 1 aliphatic rings. The SMILES string of the molecule is CCOC(=O)C1(NC(=O)[C@@H](NC(=O)C[C@H](NC(=O)OCc2ccccc2)[C@H](Cc2ccccc2)NC(=O)OC(C)(C)C)[C@@H](C)CC)CC1. The van der Waals surface area contributed by atoms with Crippen molar-refractivity contribution in [1.82, 2.24) is 21.3 Å². The molecule has 0 aromatic heterocycles. The number of benzene rings is 2. The van der Waals surface area contributed by atoms with Gasteiger partial charge in [-0.25, -0.2) is 14.4 Å². The summed E-state index contributed by atoms with van der Waals surface area (Å²) in [6.45, 7) is 10.8. The predicted molar refractivity (Wildman–Crippen MR) is 180 cm³/mol. The lowest BCUT2D eigenvalue weighted by Crippen LogP contribution is -2.58. The Labute approximate surface area is 283 Å². The summed E-state index contributed by atoms with van der Waals surface area (Å²) in [5, 5.41) is 11.2. The number of nitrogens with one attached hydrogen (secondary N) is 4. The second-order valence-electron chi connectivity index (χ2n) is 13.2. The molecular weight excluding hydrogens is 616 g/mol. The molecule has 1 fully saturated rings. The molecule has 1 aliphatic carbocycles. The van der Waals surface area contributed by atoms with Crippen LogP contribution in [0.2, 0.25) is 0 Å². The lowest BCUT2D eigenvalue weighted by Gasteiger charge is -2.31. The summed E-state index contributed by atoms with van der Waals surface area (Å²) < 4.78 is 16.1. The van der Waals surface area contributed by atoms with Gasteiger partial charge in [0.25, 0.3) is 0 Å². The number of carbonyl (C=O) groups excluding carboxylic acids is 5. The lowest BCUT2D eigenvalue weighted by molar-refractivity contribution is -0.149. The van der Waals surface area contributed by atoms with Crippen molar-refractivity contribution in [3.63, 3.8) is 0 Å². The highest BCUT2D eigenvalue weighted by Gasteiger charge is 2.53. The summed E-state index contributed by atoms with van der Waals surface area (Å²) in [6.07, 6.45) is -0.109. The van der Waals surface area contributed by atoms with E-state index in [1.54, 1.807) is 27.7 Å². The van der Waals surface area contributed by atoms with E-state index >= 15 is 0 Å². The molecule has 4 atom stereocenters. The van der Waals surface area contributed by atoms with Crippen molar-refractivity contribution in [3.8, 4) is 0 Å². The average Bonchev–Trinajstić information content (AvgIpc) is 3.82. The van der Waals surface area contributed by atoms with Gasteiger partial charge in [0.05, 0.1) is 18.7 Å². The van der Waals surface area contributed by atoms with E-state index in [0.29, 0.717) is 19.3 Å². The first-order chi connectivity index (χ1) is 22.7. The molecule has 4 N–H and O–H groups in total. The van der Waals surface area contributed by atoms with Gasteiger partial charge in [-0.3, -0.25) is 9.59 Å². The van der Waals surface area contributed by atoms with Crippen LogP contribution < -0.4 is 21.3 Å². The van der Waals surface area contributed by atoms with Crippen molar-refractivity contribution in [2.24, 2.45) is 5.92 Å². The van der Waals surface area contributed by atoms with Gasteiger partial charge in [0, 0.05) is 6.42 Å². The van der Waals surface area contributed by atoms with Crippen LogP contribution in [-0.4, -0.2) is 65.8 Å². The van der Waals surface area contributed by atoms with E-state index in [-0.39, 0.29) is 32.0 Å². The monoisotopic (exact) mass is 666 g/mol. The van der Waals surface area contributed by atoms with Crippen LogP contribution in [0.15, 0.2) is 60.7 Å². The molecule has 0 radical (unpaired) electrons. The summed E-state index contributed by atoms with van der Waals surface area (Å²) in [5.41, 5.74) is -0.272. The molecule has 3 rings (SSSR count). The lowest BCUT2D eigenvalue weighted by atomic mass is 9.95. The van der Waals surface area contributed by atoms with E-state index < -0.39 is 59.2 Å². The van der Waals surface area contributed by atoms with Gasteiger partial charge in [-0.2, -0.15) is 0 Å². The van der Waals surface area contributed by atoms with E-state index in [4.69, 9.17) is 14.2 Å². The quantitative estimate of drug-likeness (QED) is 0.150. The zero-order chi connectivity index (χ0) is 35.3. The zero-order valence-electron chi connectivity index (χ0n) is 28.8. The Balaban J connectivity index is 1.85. The van der Waals surface area contributed by atoms with E-state index in [1.807, 2.05) is 74.5 Å². The fraction of sp³-hybridized carbons (Fsp3) is 0.528. The normalized spacial score (nSPS) is 15.8. The van der Waals surface area contributed by atoms with Crippen LogP contribution in [0.3, 0.4) is 0 Å². The number of hydrogen-bond acceptors (Lipinski definition) is 8. The van der Waals surface area contributed by atoms with Gasteiger partial charge in [0.15, 0.2) is 0 Å². The first-order valence-electron chi connectivity index (χ1n) is 16.5. The van der Waals surface area contributed by atoms with Crippen molar-refractivity contribution in [3.05, 3.63) is 71.8 Å². The molecule has 0 heterocycles. The number of rotatable bonds is 16. The first-order valence-corrected chi connectivity index (χ1v) is 16.5. The van der Waals surface area contributed by atoms with Crippen molar-refractivity contribution in [2.45, 2.75) is 110 Å². The molecule has 1 saturated carbocycles. The van der Waals surface area contributed by atoms with Gasteiger partial charge in [-0.05, 0) is 64.0 Å². The summed E-state index contributed by atoms with van der Waals surface area (Å²) in [6, 6.07) is 15.7. The Morgan fingerprint density at radius 1 is 0.792 bits per heavy atom. The van der Waals surface area contributed by atoms with Crippen LogP contribution in [0, 0.1) is 5.92 Å². The highest BCUT2D eigenvalue weighted by molar-refractivity contribution is 5.94. The molecule has 0 aliphatic heterocycles. The van der Waals surface area contributed by atoms with E-state index in [2.05, 4.69) is 21.3 Å². The molecule has 2 aromatic rings.